The van der Waals surface area contributed by atoms with Gasteiger partial charge in [0, 0.05) is 43.4 Å². The van der Waals surface area contributed by atoms with Crippen molar-refractivity contribution in [2.45, 2.75) is 12.3 Å². The average Bonchev–Trinajstić information content (AvgIpc) is 3.37. The van der Waals surface area contributed by atoms with Gasteiger partial charge in [-0.25, -0.2) is 14.2 Å². The van der Waals surface area contributed by atoms with Crippen molar-refractivity contribution in [1.29, 1.82) is 0 Å². The summed E-state index contributed by atoms with van der Waals surface area (Å²) in [6, 6.07) is 10.1. The highest BCUT2D eigenvalue weighted by Crippen LogP contribution is 2.28. The number of carbonyl (C=O) groups excluding carboxylic acids is 1. The van der Waals surface area contributed by atoms with Crippen LogP contribution < -0.4 is 5.32 Å². The maximum Gasteiger partial charge on any atom is 0.317 e. The third kappa shape index (κ3) is 3.53. The van der Waals surface area contributed by atoms with Crippen LogP contribution in [0, 0.1) is 5.82 Å². The van der Waals surface area contributed by atoms with Gasteiger partial charge in [-0.2, -0.15) is 0 Å². The normalized spacial score (nSPS) is 16.5. The van der Waals surface area contributed by atoms with Crippen molar-refractivity contribution in [1.82, 2.24) is 25.2 Å². The lowest BCUT2D eigenvalue weighted by molar-refractivity contribution is 0.210. The first kappa shape index (κ1) is 17.2. The van der Waals surface area contributed by atoms with Crippen molar-refractivity contribution in [2.24, 2.45) is 0 Å². The molecule has 0 unspecified atom stereocenters. The fraction of sp³-hybridized carbons (Fsp3) is 0.250. The summed E-state index contributed by atoms with van der Waals surface area (Å²) in [4.78, 5) is 25.8. The molecule has 6 nitrogen and oxygen atoms in total. The van der Waals surface area contributed by atoms with Crippen LogP contribution in [0.4, 0.5) is 9.18 Å². The van der Waals surface area contributed by atoms with E-state index >= 15 is 0 Å². The first-order chi connectivity index (χ1) is 13.1. The van der Waals surface area contributed by atoms with E-state index < -0.39 is 0 Å². The summed E-state index contributed by atoms with van der Waals surface area (Å²) in [6.07, 6.45) is 4.43. The van der Waals surface area contributed by atoms with E-state index in [1.807, 2.05) is 18.2 Å². The van der Waals surface area contributed by atoms with E-state index in [0.29, 0.717) is 6.54 Å². The number of nitrogens with one attached hydrogen (secondary N) is 2. The van der Waals surface area contributed by atoms with Crippen LogP contribution in [0.25, 0.3) is 22.5 Å². The van der Waals surface area contributed by atoms with Crippen LogP contribution in [-0.2, 0) is 0 Å². The number of halogens is 1. The van der Waals surface area contributed by atoms with E-state index in [9.17, 15) is 9.18 Å². The van der Waals surface area contributed by atoms with E-state index in [4.69, 9.17) is 0 Å². The zero-order chi connectivity index (χ0) is 18.8. The van der Waals surface area contributed by atoms with Gasteiger partial charge in [0.1, 0.15) is 11.6 Å². The third-order valence-electron chi connectivity index (χ3n) is 4.87. The minimum atomic E-state index is -0.279. The topological polar surface area (TPSA) is 73.9 Å². The van der Waals surface area contributed by atoms with Crippen molar-refractivity contribution in [3.63, 3.8) is 0 Å². The largest absolute Gasteiger partial charge is 0.342 e. The van der Waals surface area contributed by atoms with Crippen LogP contribution in [0.2, 0.25) is 0 Å². The number of hydrogen-bond donors (Lipinski definition) is 2. The molecular formula is C20H20FN5O. The molecule has 3 aromatic rings. The SMILES string of the molecule is CNC(=O)N1CC[C@@H](c2ncc(-c3ccc(-c4cccc(F)c4)nc3)[nH]2)C1. The quantitative estimate of drug-likeness (QED) is 0.747. The standard InChI is InChI=1S/C20H20FN5O/c1-22-20(27)26-8-7-15(12-26)19-24-11-18(25-19)14-5-6-17(23-10-14)13-3-2-4-16(21)9-13/h2-6,9-11,15H,7-8,12H2,1H3,(H,22,27)(H,24,25)/t15-/m1/s1. The van der Waals surface area contributed by atoms with Gasteiger partial charge >= 0.3 is 6.03 Å². The van der Waals surface area contributed by atoms with Crippen LogP contribution in [-0.4, -0.2) is 46.0 Å². The molecule has 138 valence electrons. The fourth-order valence-corrected chi connectivity index (χ4v) is 3.39. The zero-order valence-electron chi connectivity index (χ0n) is 14.9. The van der Waals surface area contributed by atoms with Gasteiger partial charge in [0.25, 0.3) is 0 Å². The Morgan fingerprint density at radius 2 is 2.11 bits per heavy atom. The number of likely N-dealkylation sites (tertiary alicyclic amines) is 1. The van der Waals surface area contributed by atoms with E-state index in [-0.39, 0.29) is 17.8 Å². The number of aromatic nitrogens is 3. The molecule has 3 heterocycles. The van der Waals surface area contributed by atoms with Crippen molar-refractivity contribution in [3.8, 4) is 22.5 Å². The summed E-state index contributed by atoms with van der Waals surface area (Å²) in [5, 5.41) is 2.66. The fourth-order valence-electron chi connectivity index (χ4n) is 3.39. The van der Waals surface area contributed by atoms with Gasteiger partial charge in [0.05, 0.1) is 17.6 Å². The average molecular weight is 365 g/mol. The second-order valence-electron chi connectivity index (χ2n) is 6.61. The van der Waals surface area contributed by atoms with Crippen LogP contribution >= 0.6 is 0 Å². The monoisotopic (exact) mass is 365 g/mol. The van der Waals surface area contributed by atoms with E-state index in [1.54, 1.807) is 30.4 Å². The predicted octanol–water partition coefficient (Wildman–Crippen LogP) is 3.41. The molecule has 1 atom stereocenters. The molecule has 0 radical (unpaired) electrons. The van der Waals surface area contributed by atoms with Gasteiger partial charge in [-0.1, -0.05) is 12.1 Å². The molecule has 0 spiro atoms. The Kier molecular flexibility index (Phi) is 4.58. The number of aromatic amines is 1. The number of amides is 2. The maximum atomic E-state index is 13.4. The Hall–Kier alpha value is -3.22. The number of rotatable bonds is 3. The summed E-state index contributed by atoms with van der Waals surface area (Å²) in [5.74, 6) is 0.806. The highest BCUT2D eigenvalue weighted by Gasteiger charge is 2.28. The molecule has 2 aromatic heterocycles. The number of benzene rings is 1. The summed E-state index contributed by atoms with van der Waals surface area (Å²) in [5.41, 5.74) is 3.25. The number of hydrogen-bond acceptors (Lipinski definition) is 3. The van der Waals surface area contributed by atoms with E-state index in [2.05, 4.69) is 20.3 Å². The van der Waals surface area contributed by atoms with Gasteiger partial charge in [0.2, 0.25) is 0 Å². The minimum absolute atomic E-state index is 0.0542. The molecule has 2 amide bonds. The molecule has 1 aromatic carbocycles. The smallest absolute Gasteiger partial charge is 0.317 e. The van der Waals surface area contributed by atoms with E-state index in [1.165, 1.54) is 12.1 Å². The second kappa shape index (κ2) is 7.19. The third-order valence-corrected chi connectivity index (χ3v) is 4.87. The molecule has 2 N–H and O–H groups in total. The Balaban J connectivity index is 1.50. The Morgan fingerprint density at radius 3 is 2.85 bits per heavy atom. The molecule has 1 fully saturated rings. The van der Waals surface area contributed by atoms with Crippen LogP contribution in [0.3, 0.4) is 0 Å². The highest BCUT2D eigenvalue weighted by molar-refractivity contribution is 5.74. The zero-order valence-corrected chi connectivity index (χ0v) is 14.9. The second-order valence-corrected chi connectivity index (χ2v) is 6.61. The lowest BCUT2D eigenvalue weighted by Crippen LogP contribution is -2.36. The summed E-state index contributed by atoms with van der Waals surface area (Å²) < 4.78 is 13.4. The van der Waals surface area contributed by atoms with Crippen LogP contribution in [0.5, 0.6) is 0 Å². The number of nitrogens with zero attached hydrogens (tertiary/aromatic N) is 3. The van der Waals surface area contributed by atoms with Crippen LogP contribution in [0.1, 0.15) is 18.2 Å². The molecule has 0 saturated carbocycles. The van der Waals surface area contributed by atoms with Crippen molar-refractivity contribution < 1.29 is 9.18 Å². The Morgan fingerprint density at radius 1 is 1.22 bits per heavy atom. The Bertz CT molecular complexity index is 953. The molecule has 1 aliphatic rings. The summed E-state index contributed by atoms with van der Waals surface area (Å²) >= 11 is 0. The van der Waals surface area contributed by atoms with Gasteiger partial charge in [-0.15, -0.1) is 0 Å². The predicted molar refractivity (Wildman–Crippen MR) is 101 cm³/mol. The lowest BCUT2D eigenvalue weighted by atomic mass is 10.1. The van der Waals surface area contributed by atoms with Gasteiger partial charge in [-0.3, -0.25) is 4.98 Å². The number of H-pyrrole nitrogens is 1. The van der Waals surface area contributed by atoms with Gasteiger partial charge < -0.3 is 15.2 Å². The molecule has 27 heavy (non-hydrogen) atoms. The van der Waals surface area contributed by atoms with E-state index in [0.717, 1.165) is 41.3 Å². The first-order valence-electron chi connectivity index (χ1n) is 8.88. The number of imidazole rings is 1. The van der Waals surface area contributed by atoms with Gasteiger partial charge in [-0.05, 0) is 30.7 Å². The Labute approximate surface area is 156 Å². The summed E-state index contributed by atoms with van der Waals surface area (Å²) in [6.45, 7) is 1.38. The molecule has 0 aliphatic carbocycles. The van der Waals surface area contributed by atoms with Crippen LogP contribution in [0.15, 0.2) is 48.8 Å². The maximum absolute atomic E-state index is 13.4. The molecule has 4 rings (SSSR count). The first-order valence-corrected chi connectivity index (χ1v) is 8.88. The van der Waals surface area contributed by atoms with Crippen molar-refractivity contribution >= 4 is 6.03 Å². The molecular weight excluding hydrogens is 345 g/mol. The molecule has 1 saturated heterocycles. The minimum Gasteiger partial charge on any atom is -0.342 e. The molecule has 1 aliphatic heterocycles. The number of urea groups is 1. The number of carbonyl (C=O) groups is 1. The lowest BCUT2D eigenvalue weighted by Gasteiger charge is -2.14. The molecule has 7 heteroatoms. The molecule has 0 bridgehead atoms. The van der Waals surface area contributed by atoms with Crippen molar-refractivity contribution in [3.05, 3.63) is 60.4 Å². The summed E-state index contributed by atoms with van der Waals surface area (Å²) in [7, 11) is 1.64. The highest BCUT2D eigenvalue weighted by atomic mass is 19.1. The van der Waals surface area contributed by atoms with Crippen molar-refractivity contribution in [2.75, 3.05) is 20.1 Å². The van der Waals surface area contributed by atoms with Gasteiger partial charge in [0.15, 0.2) is 0 Å². The number of pyridine rings is 1.